The second-order valence-electron chi connectivity index (χ2n) is 4.78. The summed E-state index contributed by atoms with van der Waals surface area (Å²) in [6, 6.07) is 5.74. The molecule has 0 radical (unpaired) electrons. The number of nitrogens with zero attached hydrogens (tertiary/aromatic N) is 2. The van der Waals surface area contributed by atoms with Crippen molar-refractivity contribution in [1.29, 1.82) is 0 Å². The number of nitrogen functional groups attached to an aromatic ring is 1. The second kappa shape index (κ2) is 7.98. The summed E-state index contributed by atoms with van der Waals surface area (Å²) in [5.41, 5.74) is 6.70. The van der Waals surface area contributed by atoms with Crippen LogP contribution in [-0.2, 0) is 13.1 Å². The SMILES string of the molecule is COc1ccc(CN(CCO)Cc2cnc(N)s2)c(OC)c1. The van der Waals surface area contributed by atoms with E-state index in [-0.39, 0.29) is 6.61 Å². The quantitative estimate of drug-likeness (QED) is 0.770. The molecule has 1 heterocycles. The van der Waals surface area contributed by atoms with Crippen LogP contribution in [0.2, 0.25) is 0 Å². The molecule has 0 fully saturated rings. The molecule has 0 aliphatic heterocycles. The Labute approximate surface area is 134 Å². The van der Waals surface area contributed by atoms with Crippen molar-refractivity contribution >= 4 is 16.5 Å². The molecular weight excluding hydrogens is 302 g/mol. The van der Waals surface area contributed by atoms with Crippen LogP contribution in [0.3, 0.4) is 0 Å². The van der Waals surface area contributed by atoms with Gasteiger partial charge in [0.2, 0.25) is 0 Å². The molecule has 0 unspecified atom stereocenters. The third kappa shape index (κ3) is 4.33. The molecule has 2 aromatic rings. The number of rotatable bonds is 8. The maximum atomic E-state index is 9.28. The van der Waals surface area contributed by atoms with Gasteiger partial charge in [0.1, 0.15) is 11.5 Å². The molecule has 0 amide bonds. The summed E-state index contributed by atoms with van der Waals surface area (Å²) < 4.78 is 10.6. The zero-order chi connectivity index (χ0) is 15.9. The van der Waals surface area contributed by atoms with Crippen LogP contribution in [0.4, 0.5) is 5.13 Å². The fourth-order valence-electron chi connectivity index (χ4n) is 2.19. The molecule has 3 N–H and O–H groups in total. The normalized spacial score (nSPS) is 10.9. The van der Waals surface area contributed by atoms with Crippen LogP contribution in [0.15, 0.2) is 24.4 Å². The van der Waals surface area contributed by atoms with Gasteiger partial charge in [-0.2, -0.15) is 0 Å². The van der Waals surface area contributed by atoms with Crippen LogP contribution >= 0.6 is 11.3 Å². The van der Waals surface area contributed by atoms with Crippen LogP contribution in [0.1, 0.15) is 10.4 Å². The van der Waals surface area contributed by atoms with E-state index in [1.807, 2.05) is 18.2 Å². The van der Waals surface area contributed by atoms with Crippen molar-refractivity contribution in [3.05, 3.63) is 34.8 Å². The van der Waals surface area contributed by atoms with E-state index in [9.17, 15) is 5.11 Å². The van der Waals surface area contributed by atoms with E-state index in [2.05, 4.69) is 9.88 Å². The summed E-state index contributed by atoms with van der Waals surface area (Å²) in [5.74, 6) is 1.52. The zero-order valence-electron chi connectivity index (χ0n) is 12.8. The maximum absolute atomic E-state index is 9.28. The first-order chi connectivity index (χ1) is 10.7. The van der Waals surface area contributed by atoms with Gasteiger partial charge in [-0.3, -0.25) is 4.90 Å². The maximum Gasteiger partial charge on any atom is 0.180 e. The van der Waals surface area contributed by atoms with Crippen LogP contribution in [0.5, 0.6) is 11.5 Å². The van der Waals surface area contributed by atoms with Gasteiger partial charge in [0.25, 0.3) is 0 Å². The highest BCUT2D eigenvalue weighted by atomic mass is 32.1. The summed E-state index contributed by atoms with van der Waals surface area (Å²) in [6.45, 7) is 2.00. The largest absolute Gasteiger partial charge is 0.497 e. The van der Waals surface area contributed by atoms with Crippen LogP contribution in [0.25, 0.3) is 0 Å². The van der Waals surface area contributed by atoms with E-state index >= 15 is 0 Å². The number of thiazole rings is 1. The smallest absolute Gasteiger partial charge is 0.180 e. The summed E-state index contributed by atoms with van der Waals surface area (Å²) >= 11 is 1.46. The first kappa shape index (κ1) is 16.5. The summed E-state index contributed by atoms with van der Waals surface area (Å²) in [7, 11) is 3.26. The molecule has 0 saturated heterocycles. The number of nitrogens with two attached hydrogens (primary N) is 1. The molecule has 2 rings (SSSR count). The van der Waals surface area contributed by atoms with Crippen molar-refractivity contribution < 1.29 is 14.6 Å². The molecular formula is C15H21N3O3S. The number of aromatic nitrogens is 1. The Morgan fingerprint density at radius 1 is 1.27 bits per heavy atom. The lowest BCUT2D eigenvalue weighted by molar-refractivity contribution is 0.184. The lowest BCUT2D eigenvalue weighted by Crippen LogP contribution is -2.26. The van der Waals surface area contributed by atoms with Gasteiger partial charge in [-0.1, -0.05) is 6.07 Å². The van der Waals surface area contributed by atoms with E-state index in [1.165, 1.54) is 11.3 Å². The number of benzene rings is 1. The van der Waals surface area contributed by atoms with Gasteiger partial charge in [-0.05, 0) is 6.07 Å². The molecule has 0 spiro atoms. The van der Waals surface area contributed by atoms with E-state index < -0.39 is 0 Å². The van der Waals surface area contributed by atoms with E-state index in [0.717, 1.165) is 21.9 Å². The second-order valence-corrected chi connectivity index (χ2v) is 5.92. The van der Waals surface area contributed by atoms with Gasteiger partial charge < -0.3 is 20.3 Å². The van der Waals surface area contributed by atoms with Crippen molar-refractivity contribution in [3.8, 4) is 11.5 Å². The lowest BCUT2D eigenvalue weighted by Gasteiger charge is -2.22. The first-order valence-corrected chi connectivity index (χ1v) is 7.72. The van der Waals surface area contributed by atoms with Gasteiger partial charge in [-0.25, -0.2) is 4.98 Å². The minimum absolute atomic E-state index is 0.0900. The predicted molar refractivity (Wildman–Crippen MR) is 87.3 cm³/mol. The number of hydrogen-bond acceptors (Lipinski definition) is 7. The minimum atomic E-state index is 0.0900. The third-order valence-electron chi connectivity index (χ3n) is 3.26. The van der Waals surface area contributed by atoms with Crippen molar-refractivity contribution in [2.45, 2.75) is 13.1 Å². The number of methoxy groups -OCH3 is 2. The zero-order valence-corrected chi connectivity index (χ0v) is 13.6. The lowest BCUT2D eigenvalue weighted by atomic mass is 10.1. The molecule has 120 valence electrons. The van der Waals surface area contributed by atoms with Crippen molar-refractivity contribution in [1.82, 2.24) is 9.88 Å². The number of aliphatic hydroxyl groups excluding tert-OH is 1. The molecule has 0 aliphatic rings. The minimum Gasteiger partial charge on any atom is -0.497 e. The Bertz CT molecular complexity index is 603. The average Bonchev–Trinajstić information content (AvgIpc) is 2.93. The molecule has 1 aromatic carbocycles. The highest BCUT2D eigenvalue weighted by Crippen LogP contribution is 2.26. The first-order valence-electron chi connectivity index (χ1n) is 6.90. The van der Waals surface area contributed by atoms with Gasteiger partial charge in [0.05, 0.1) is 20.8 Å². The Hall–Kier alpha value is -1.83. The van der Waals surface area contributed by atoms with Crippen molar-refractivity contribution in [2.75, 3.05) is 33.1 Å². The summed E-state index contributed by atoms with van der Waals surface area (Å²) in [4.78, 5) is 7.25. The molecule has 0 aliphatic carbocycles. The van der Waals surface area contributed by atoms with Crippen molar-refractivity contribution in [3.63, 3.8) is 0 Å². The Kier molecular flexibility index (Phi) is 6.00. The standard InChI is InChI=1S/C15H21N3O3S/c1-20-12-4-3-11(14(7-12)21-2)9-18(5-6-19)10-13-8-17-15(16)22-13/h3-4,7-8,19H,5-6,9-10H2,1-2H3,(H2,16,17). The fraction of sp³-hybridized carbons (Fsp3) is 0.400. The van der Waals surface area contributed by atoms with E-state index in [0.29, 0.717) is 24.8 Å². The Balaban J connectivity index is 2.13. The molecule has 7 heteroatoms. The molecule has 0 atom stereocenters. The predicted octanol–water partition coefficient (Wildman–Crippen LogP) is 1.74. The fourth-order valence-corrected chi connectivity index (χ4v) is 2.92. The molecule has 0 saturated carbocycles. The monoisotopic (exact) mass is 323 g/mol. The van der Waals surface area contributed by atoms with Gasteiger partial charge >= 0.3 is 0 Å². The number of ether oxygens (including phenoxy) is 2. The van der Waals surface area contributed by atoms with Gasteiger partial charge in [0, 0.05) is 42.3 Å². The third-order valence-corrected chi connectivity index (χ3v) is 4.07. The molecule has 1 aromatic heterocycles. The van der Waals surface area contributed by atoms with E-state index in [1.54, 1.807) is 20.4 Å². The number of aliphatic hydroxyl groups is 1. The number of hydrogen-bond donors (Lipinski definition) is 2. The molecule has 0 bridgehead atoms. The Morgan fingerprint density at radius 3 is 2.68 bits per heavy atom. The topological polar surface area (TPSA) is 80.8 Å². The summed E-state index contributed by atoms with van der Waals surface area (Å²) in [6.07, 6.45) is 1.77. The van der Waals surface area contributed by atoms with Crippen LogP contribution in [0, 0.1) is 0 Å². The number of anilines is 1. The highest BCUT2D eigenvalue weighted by molar-refractivity contribution is 7.15. The average molecular weight is 323 g/mol. The molecule has 6 nitrogen and oxygen atoms in total. The van der Waals surface area contributed by atoms with Crippen LogP contribution < -0.4 is 15.2 Å². The molecule has 22 heavy (non-hydrogen) atoms. The van der Waals surface area contributed by atoms with Crippen molar-refractivity contribution in [2.24, 2.45) is 0 Å². The van der Waals surface area contributed by atoms with E-state index in [4.69, 9.17) is 15.2 Å². The van der Waals surface area contributed by atoms with Crippen LogP contribution in [-0.4, -0.2) is 42.4 Å². The summed E-state index contributed by atoms with van der Waals surface area (Å²) in [5, 5.41) is 9.83. The van der Waals surface area contributed by atoms with Gasteiger partial charge in [-0.15, -0.1) is 11.3 Å². The Morgan fingerprint density at radius 2 is 2.09 bits per heavy atom. The van der Waals surface area contributed by atoms with Gasteiger partial charge in [0.15, 0.2) is 5.13 Å². The highest BCUT2D eigenvalue weighted by Gasteiger charge is 2.12.